The smallest absolute Gasteiger partial charge is 0.305 e. The van der Waals surface area contributed by atoms with E-state index in [1.807, 2.05) is 20.9 Å². The molecule has 1 saturated heterocycles. The molecule has 82 valence electrons. The predicted octanol–water partition coefficient (Wildman–Crippen LogP) is 0.960. The highest BCUT2D eigenvalue weighted by Crippen LogP contribution is 2.23. The highest BCUT2D eigenvalue weighted by atomic mass is 16.5. The molecule has 1 fully saturated rings. The van der Waals surface area contributed by atoms with Crippen LogP contribution in [0, 0.1) is 0 Å². The van der Waals surface area contributed by atoms with Crippen molar-refractivity contribution in [3.8, 4) is 0 Å². The first-order valence-electron chi connectivity index (χ1n) is 4.96. The van der Waals surface area contributed by atoms with Gasteiger partial charge in [-0.2, -0.15) is 0 Å². The van der Waals surface area contributed by atoms with Crippen molar-refractivity contribution in [2.45, 2.75) is 38.3 Å². The normalized spacial score (nSPS) is 23.0. The van der Waals surface area contributed by atoms with Crippen LogP contribution < -0.4 is 0 Å². The molecular formula is C10H19NO3. The maximum atomic E-state index is 10.7. The van der Waals surface area contributed by atoms with E-state index in [4.69, 9.17) is 9.84 Å². The fourth-order valence-corrected chi connectivity index (χ4v) is 1.82. The van der Waals surface area contributed by atoms with Crippen molar-refractivity contribution >= 4 is 5.97 Å². The van der Waals surface area contributed by atoms with Crippen molar-refractivity contribution in [3.05, 3.63) is 0 Å². The van der Waals surface area contributed by atoms with E-state index in [0.717, 1.165) is 19.6 Å². The number of likely N-dealkylation sites (N-methyl/N-ethyl adjacent to an activating group) is 1. The summed E-state index contributed by atoms with van der Waals surface area (Å²) in [6.45, 7) is 5.43. The molecule has 0 radical (unpaired) electrons. The van der Waals surface area contributed by atoms with Gasteiger partial charge in [-0.15, -0.1) is 0 Å². The number of ether oxygens (including phenoxy) is 1. The molecule has 0 aromatic rings. The molecule has 0 aliphatic carbocycles. The van der Waals surface area contributed by atoms with Gasteiger partial charge in [0.2, 0.25) is 0 Å². The molecule has 0 bridgehead atoms. The fourth-order valence-electron chi connectivity index (χ4n) is 1.82. The molecule has 1 unspecified atom stereocenters. The molecule has 1 aliphatic heterocycles. The summed E-state index contributed by atoms with van der Waals surface area (Å²) in [6.07, 6.45) is 1.17. The van der Waals surface area contributed by atoms with Crippen LogP contribution in [0.3, 0.4) is 0 Å². The summed E-state index contributed by atoms with van der Waals surface area (Å²) >= 11 is 0. The molecule has 14 heavy (non-hydrogen) atoms. The Morgan fingerprint density at radius 1 is 1.64 bits per heavy atom. The second kappa shape index (κ2) is 4.28. The van der Waals surface area contributed by atoms with Crippen LogP contribution in [0.1, 0.15) is 26.7 Å². The minimum absolute atomic E-state index is 0.167. The summed E-state index contributed by atoms with van der Waals surface area (Å²) in [4.78, 5) is 12.8. The standard InChI is InChI=1S/C10H19NO3/c1-10(2,6-9(12)13)11(3)8-4-5-14-7-8/h8H,4-7H2,1-3H3,(H,12,13). The lowest BCUT2D eigenvalue weighted by molar-refractivity contribution is -0.140. The number of nitrogens with zero attached hydrogens (tertiary/aromatic N) is 1. The lowest BCUT2D eigenvalue weighted by Gasteiger charge is -2.38. The first-order chi connectivity index (χ1) is 6.43. The molecule has 4 heteroatoms. The summed E-state index contributed by atoms with van der Waals surface area (Å²) in [5.74, 6) is -0.749. The van der Waals surface area contributed by atoms with Gasteiger partial charge in [-0.05, 0) is 27.3 Å². The van der Waals surface area contributed by atoms with Crippen molar-refractivity contribution in [3.63, 3.8) is 0 Å². The van der Waals surface area contributed by atoms with Gasteiger partial charge in [-0.25, -0.2) is 0 Å². The molecule has 1 rings (SSSR count). The second-order valence-corrected chi connectivity index (χ2v) is 4.51. The molecule has 1 heterocycles. The highest BCUT2D eigenvalue weighted by molar-refractivity contribution is 5.68. The number of hydrogen-bond acceptors (Lipinski definition) is 3. The molecule has 0 aromatic heterocycles. The number of carboxylic acid groups (broad SMARTS) is 1. The zero-order chi connectivity index (χ0) is 10.8. The third-order valence-electron chi connectivity index (χ3n) is 2.99. The monoisotopic (exact) mass is 201 g/mol. The Balaban J connectivity index is 2.55. The Bertz CT molecular complexity index is 209. The second-order valence-electron chi connectivity index (χ2n) is 4.51. The maximum Gasteiger partial charge on any atom is 0.305 e. The van der Waals surface area contributed by atoms with Gasteiger partial charge >= 0.3 is 5.97 Å². The first kappa shape index (κ1) is 11.5. The average molecular weight is 201 g/mol. The quantitative estimate of drug-likeness (QED) is 0.736. The van der Waals surface area contributed by atoms with Gasteiger partial charge in [-0.1, -0.05) is 0 Å². The Morgan fingerprint density at radius 3 is 2.71 bits per heavy atom. The van der Waals surface area contributed by atoms with Crippen molar-refractivity contribution < 1.29 is 14.6 Å². The Morgan fingerprint density at radius 2 is 2.29 bits per heavy atom. The van der Waals surface area contributed by atoms with Gasteiger partial charge < -0.3 is 9.84 Å². The van der Waals surface area contributed by atoms with E-state index in [2.05, 4.69) is 4.90 Å². The zero-order valence-corrected chi connectivity index (χ0v) is 9.12. The number of aliphatic carboxylic acids is 1. The summed E-state index contributed by atoms with van der Waals surface area (Å²) in [6, 6.07) is 0.365. The molecule has 0 aromatic carbocycles. The molecule has 0 amide bonds. The van der Waals surface area contributed by atoms with E-state index in [9.17, 15) is 4.79 Å². The van der Waals surface area contributed by atoms with Gasteiger partial charge in [0.25, 0.3) is 0 Å². The van der Waals surface area contributed by atoms with E-state index < -0.39 is 5.97 Å². The number of hydrogen-bond donors (Lipinski definition) is 1. The van der Waals surface area contributed by atoms with Crippen LogP contribution in [0.5, 0.6) is 0 Å². The third-order valence-corrected chi connectivity index (χ3v) is 2.99. The lowest BCUT2D eigenvalue weighted by atomic mass is 9.96. The van der Waals surface area contributed by atoms with Crippen LogP contribution in [0.4, 0.5) is 0 Å². The fraction of sp³-hybridized carbons (Fsp3) is 0.900. The van der Waals surface area contributed by atoms with Crippen molar-refractivity contribution in [1.82, 2.24) is 4.90 Å². The molecule has 1 atom stereocenters. The maximum absolute atomic E-state index is 10.7. The Hall–Kier alpha value is -0.610. The SMILES string of the molecule is CN(C1CCOC1)C(C)(C)CC(=O)O. The van der Waals surface area contributed by atoms with Gasteiger partial charge in [-0.3, -0.25) is 9.69 Å². The van der Waals surface area contributed by atoms with E-state index in [0.29, 0.717) is 6.04 Å². The molecule has 0 saturated carbocycles. The minimum atomic E-state index is -0.749. The van der Waals surface area contributed by atoms with Crippen LogP contribution in [0.2, 0.25) is 0 Å². The Kier molecular flexibility index (Phi) is 3.50. The average Bonchev–Trinajstić information content (AvgIpc) is 2.51. The predicted molar refractivity (Wildman–Crippen MR) is 53.3 cm³/mol. The van der Waals surface area contributed by atoms with Crippen LogP contribution in [-0.2, 0) is 9.53 Å². The van der Waals surface area contributed by atoms with Crippen molar-refractivity contribution in [2.24, 2.45) is 0 Å². The molecule has 0 spiro atoms. The number of rotatable bonds is 4. The third kappa shape index (κ3) is 2.69. The van der Waals surface area contributed by atoms with Crippen LogP contribution in [-0.4, -0.2) is 47.8 Å². The largest absolute Gasteiger partial charge is 0.481 e. The molecule has 4 nitrogen and oxygen atoms in total. The van der Waals surface area contributed by atoms with Gasteiger partial charge in [0.1, 0.15) is 0 Å². The first-order valence-corrected chi connectivity index (χ1v) is 4.96. The van der Waals surface area contributed by atoms with Crippen molar-refractivity contribution in [1.29, 1.82) is 0 Å². The van der Waals surface area contributed by atoms with E-state index in [1.54, 1.807) is 0 Å². The molecule has 1 aliphatic rings. The summed E-state index contributed by atoms with van der Waals surface area (Å²) in [7, 11) is 1.97. The summed E-state index contributed by atoms with van der Waals surface area (Å²) in [5.41, 5.74) is -0.301. The molecule has 1 N–H and O–H groups in total. The van der Waals surface area contributed by atoms with Gasteiger partial charge in [0, 0.05) is 18.2 Å². The van der Waals surface area contributed by atoms with Crippen molar-refractivity contribution in [2.75, 3.05) is 20.3 Å². The Labute approximate surface area is 84.8 Å². The lowest BCUT2D eigenvalue weighted by Crippen LogP contribution is -2.48. The summed E-state index contributed by atoms with van der Waals surface area (Å²) < 4.78 is 5.29. The van der Waals surface area contributed by atoms with E-state index >= 15 is 0 Å². The minimum Gasteiger partial charge on any atom is -0.481 e. The molecular weight excluding hydrogens is 182 g/mol. The highest BCUT2D eigenvalue weighted by Gasteiger charge is 2.33. The topological polar surface area (TPSA) is 49.8 Å². The van der Waals surface area contributed by atoms with Gasteiger partial charge in [0.05, 0.1) is 13.0 Å². The zero-order valence-electron chi connectivity index (χ0n) is 9.12. The van der Waals surface area contributed by atoms with E-state index in [1.165, 1.54) is 0 Å². The van der Waals surface area contributed by atoms with Crippen LogP contribution in [0.25, 0.3) is 0 Å². The number of carbonyl (C=O) groups is 1. The number of carboxylic acids is 1. The van der Waals surface area contributed by atoms with Gasteiger partial charge in [0.15, 0.2) is 0 Å². The van der Waals surface area contributed by atoms with E-state index in [-0.39, 0.29) is 12.0 Å². The summed E-state index contributed by atoms with van der Waals surface area (Å²) in [5, 5.41) is 8.78. The van der Waals surface area contributed by atoms with Crippen LogP contribution >= 0.6 is 0 Å². The van der Waals surface area contributed by atoms with Crippen LogP contribution in [0.15, 0.2) is 0 Å².